The molecule has 1 aliphatic rings. The number of nitrogens with zero attached hydrogens (tertiary/aromatic N) is 6. The molecule has 3 aromatic rings. The number of carbonyl (C=O) groups is 1. The Morgan fingerprint density at radius 2 is 1.88 bits per heavy atom. The molecule has 0 radical (unpaired) electrons. The Bertz CT molecular complexity index is 853. The molecule has 7 nitrogen and oxygen atoms in total. The lowest BCUT2D eigenvalue weighted by molar-refractivity contribution is 0.0750. The zero-order valence-corrected chi connectivity index (χ0v) is 14.7. The monoisotopic (exact) mass is 354 g/mol. The zero-order chi connectivity index (χ0) is 17.2. The first-order chi connectivity index (χ1) is 12.2. The Morgan fingerprint density at radius 3 is 2.56 bits per heavy atom. The molecule has 25 heavy (non-hydrogen) atoms. The van der Waals surface area contributed by atoms with Crippen molar-refractivity contribution in [3.05, 3.63) is 53.4 Å². The maximum Gasteiger partial charge on any atom is 0.266 e. The van der Waals surface area contributed by atoms with Gasteiger partial charge in [-0.3, -0.25) is 4.79 Å². The van der Waals surface area contributed by atoms with Crippen molar-refractivity contribution in [1.82, 2.24) is 24.6 Å². The van der Waals surface area contributed by atoms with Gasteiger partial charge in [0, 0.05) is 44.8 Å². The molecule has 0 atom stereocenters. The van der Waals surface area contributed by atoms with Gasteiger partial charge >= 0.3 is 0 Å². The number of aromatic nitrogens is 4. The number of thiazole rings is 1. The van der Waals surface area contributed by atoms with Gasteiger partial charge < -0.3 is 14.4 Å². The quantitative estimate of drug-likeness (QED) is 0.720. The predicted molar refractivity (Wildman–Crippen MR) is 96.3 cm³/mol. The van der Waals surface area contributed by atoms with Crippen molar-refractivity contribution in [3.8, 4) is 5.13 Å². The summed E-state index contributed by atoms with van der Waals surface area (Å²) in [7, 11) is 0. The summed E-state index contributed by atoms with van der Waals surface area (Å²) < 4.78 is 1.93. The van der Waals surface area contributed by atoms with Crippen LogP contribution in [0.25, 0.3) is 5.13 Å². The number of hydrogen-bond acceptors (Lipinski definition) is 6. The lowest BCUT2D eigenvalue weighted by Gasteiger charge is -2.34. The van der Waals surface area contributed by atoms with Gasteiger partial charge in [0.2, 0.25) is 0 Å². The highest BCUT2D eigenvalue weighted by Gasteiger charge is 2.26. The highest BCUT2D eigenvalue weighted by Crippen LogP contribution is 2.24. The highest BCUT2D eigenvalue weighted by atomic mass is 32.1. The summed E-state index contributed by atoms with van der Waals surface area (Å²) in [5, 5.41) is 8.88. The second-order valence-corrected chi connectivity index (χ2v) is 6.84. The molecule has 128 valence electrons. The summed E-state index contributed by atoms with van der Waals surface area (Å²) in [6.07, 6.45) is 5.54. The van der Waals surface area contributed by atoms with Crippen LogP contribution in [0.1, 0.15) is 15.4 Å². The average Bonchev–Trinajstić information content (AvgIpc) is 3.32. The molecule has 4 rings (SSSR count). The number of amides is 1. The van der Waals surface area contributed by atoms with Gasteiger partial charge in [-0.25, -0.2) is 4.98 Å². The standard InChI is InChI=1S/C17H18N6OS/c1-13-15(25-17(19-13)23-7-2-3-8-23)16(24)22-11-9-21(10-12-22)14-5-4-6-18-20-14/h2-8H,9-12H2,1H3. The first-order valence-corrected chi connectivity index (χ1v) is 8.97. The molecule has 0 aliphatic carbocycles. The lowest BCUT2D eigenvalue weighted by Crippen LogP contribution is -2.49. The van der Waals surface area contributed by atoms with E-state index in [9.17, 15) is 4.79 Å². The van der Waals surface area contributed by atoms with E-state index in [4.69, 9.17) is 0 Å². The Kier molecular flexibility index (Phi) is 4.19. The normalized spacial score (nSPS) is 14.8. The van der Waals surface area contributed by atoms with Gasteiger partial charge in [0.15, 0.2) is 10.9 Å². The van der Waals surface area contributed by atoms with Gasteiger partial charge in [0.1, 0.15) is 4.88 Å². The molecule has 4 heterocycles. The number of rotatable bonds is 3. The maximum atomic E-state index is 12.9. The van der Waals surface area contributed by atoms with Crippen molar-refractivity contribution in [2.75, 3.05) is 31.1 Å². The van der Waals surface area contributed by atoms with E-state index >= 15 is 0 Å². The summed E-state index contributed by atoms with van der Waals surface area (Å²) in [5.41, 5.74) is 0.787. The lowest BCUT2D eigenvalue weighted by atomic mass is 10.2. The van der Waals surface area contributed by atoms with E-state index in [-0.39, 0.29) is 5.91 Å². The largest absolute Gasteiger partial charge is 0.352 e. The van der Waals surface area contributed by atoms with E-state index < -0.39 is 0 Å². The van der Waals surface area contributed by atoms with E-state index in [2.05, 4.69) is 20.1 Å². The van der Waals surface area contributed by atoms with E-state index in [0.717, 1.165) is 34.6 Å². The molecule has 1 fully saturated rings. The van der Waals surface area contributed by atoms with E-state index in [1.54, 1.807) is 6.20 Å². The molecular weight excluding hydrogens is 336 g/mol. The smallest absolute Gasteiger partial charge is 0.266 e. The van der Waals surface area contributed by atoms with Crippen LogP contribution >= 0.6 is 11.3 Å². The van der Waals surface area contributed by atoms with E-state index in [1.165, 1.54) is 11.3 Å². The summed E-state index contributed by atoms with van der Waals surface area (Å²) in [5.74, 6) is 0.922. The van der Waals surface area contributed by atoms with Crippen LogP contribution in [-0.4, -0.2) is 56.7 Å². The summed E-state index contributed by atoms with van der Waals surface area (Å²) in [4.78, 5) is 22.2. The third kappa shape index (κ3) is 3.12. The molecule has 1 amide bonds. The first-order valence-electron chi connectivity index (χ1n) is 8.15. The maximum absolute atomic E-state index is 12.9. The van der Waals surface area contributed by atoms with Gasteiger partial charge in [0.05, 0.1) is 5.69 Å². The molecule has 0 unspecified atom stereocenters. The van der Waals surface area contributed by atoms with Crippen molar-refractivity contribution in [2.24, 2.45) is 0 Å². The number of aryl methyl sites for hydroxylation is 1. The number of hydrogen-bond donors (Lipinski definition) is 0. The van der Waals surface area contributed by atoms with Crippen LogP contribution in [0.4, 0.5) is 5.82 Å². The molecule has 3 aromatic heterocycles. The van der Waals surface area contributed by atoms with Crippen LogP contribution in [-0.2, 0) is 0 Å². The molecule has 0 spiro atoms. The van der Waals surface area contributed by atoms with Crippen LogP contribution in [0, 0.1) is 6.92 Å². The van der Waals surface area contributed by atoms with Gasteiger partial charge in [-0.1, -0.05) is 11.3 Å². The summed E-state index contributed by atoms with van der Waals surface area (Å²) in [6, 6.07) is 7.72. The van der Waals surface area contributed by atoms with Gasteiger partial charge in [-0.15, -0.1) is 5.10 Å². The number of piperazine rings is 1. The fourth-order valence-corrected chi connectivity index (χ4v) is 3.90. The van der Waals surface area contributed by atoms with Gasteiger partial charge in [0.25, 0.3) is 5.91 Å². The minimum absolute atomic E-state index is 0.0622. The fraction of sp³-hybridized carbons (Fsp3) is 0.294. The van der Waals surface area contributed by atoms with Crippen molar-refractivity contribution >= 4 is 23.1 Å². The Morgan fingerprint density at radius 1 is 1.12 bits per heavy atom. The fourth-order valence-electron chi connectivity index (χ4n) is 2.90. The van der Waals surface area contributed by atoms with Crippen LogP contribution in [0.5, 0.6) is 0 Å². The average molecular weight is 354 g/mol. The topological polar surface area (TPSA) is 67.2 Å². The molecular formula is C17H18N6OS. The summed E-state index contributed by atoms with van der Waals surface area (Å²) in [6.45, 7) is 4.75. The van der Waals surface area contributed by atoms with E-state index in [1.807, 2.05) is 53.0 Å². The zero-order valence-electron chi connectivity index (χ0n) is 13.9. The minimum atomic E-state index is 0.0622. The second kappa shape index (κ2) is 6.64. The second-order valence-electron chi connectivity index (χ2n) is 5.86. The predicted octanol–water partition coefficient (Wildman–Crippen LogP) is 1.99. The molecule has 0 aromatic carbocycles. The van der Waals surface area contributed by atoms with Crippen molar-refractivity contribution < 1.29 is 4.79 Å². The molecule has 0 bridgehead atoms. The third-order valence-electron chi connectivity index (χ3n) is 4.25. The van der Waals surface area contributed by atoms with Gasteiger partial charge in [-0.2, -0.15) is 5.10 Å². The SMILES string of the molecule is Cc1nc(-n2cccc2)sc1C(=O)N1CCN(c2cccnn2)CC1. The molecule has 0 saturated carbocycles. The number of anilines is 1. The Balaban J connectivity index is 1.46. The van der Waals surface area contributed by atoms with Crippen LogP contribution in [0.2, 0.25) is 0 Å². The minimum Gasteiger partial charge on any atom is -0.352 e. The number of carbonyl (C=O) groups excluding carboxylic acids is 1. The van der Waals surface area contributed by atoms with Crippen molar-refractivity contribution in [2.45, 2.75) is 6.92 Å². The van der Waals surface area contributed by atoms with Crippen molar-refractivity contribution in [3.63, 3.8) is 0 Å². The Labute approximate surface area is 149 Å². The highest BCUT2D eigenvalue weighted by molar-refractivity contribution is 7.16. The van der Waals surface area contributed by atoms with Gasteiger partial charge in [-0.05, 0) is 31.2 Å². The first kappa shape index (κ1) is 15.8. The molecule has 1 aliphatic heterocycles. The Hall–Kier alpha value is -2.74. The van der Waals surface area contributed by atoms with Crippen LogP contribution < -0.4 is 4.90 Å². The third-order valence-corrected chi connectivity index (χ3v) is 5.41. The van der Waals surface area contributed by atoms with Crippen LogP contribution in [0.15, 0.2) is 42.9 Å². The summed E-state index contributed by atoms with van der Waals surface area (Å²) >= 11 is 1.44. The van der Waals surface area contributed by atoms with E-state index in [0.29, 0.717) is 13.1 Å². The molecule has 0 N–H and O–H groups in total. The molecule has 8 heteroatoms. The van der Waals surface area contributed by atoms with Crippen LogP contribution in [0.3, 0.4) is 0 Å². The van der Waals surface area contributed by atoms with Crippen molar-refractivity contribution in [1.29, 1.82) is 0 Å². The molecule has 1 saturated heterocycles.